The number of nitrogen functional groups attached to an aromatic ring is 2. The minimum absolute atomic E-state index is 0.692. The maximum Gasteiger partial charge on any atom is 0.0450 e. The summed E-state index contributed by atoms with van der Waals surface area (Å²) in [7, 11) is 0. The highest BCUT2D eigenvalue weighted by Gasteiger charge is 2.00. The van der Waals surface area contributed by atoms with E-state index in [0.717, 1.165) is 21.7 Å². The van der Waals surface area contributed by atoms with Gasteiger partial charge in [0.2, 0.25) is 0 Å². The number of rotatable bonds is 1. The molecule has 0 aliphatic rings. The van der Waals surface area contributed by atoms with Crippen molar-refractivity contribution in [3.05, 3.63) is 42.5 Å². The van der Waals surface area contributed by atoms with Gasteiger partial charge in [-0.3, -0.25) is 0 Å². The number of nitrogens with two attached hydrogens (primary N) is 2. The van der Waals surface area contributed by atoms with Crippen LogP contribution < -0.4 is 11.5 Å². The van der Waals surface area contributed by atoms with E-state index >= 15 is 0 Å². The largest absolute Gasteiger partial charge is 0.399 e. The Morgan fingerprint density at radius 2 is 1.40 bits per heavy atom. The van der Waals surface area contributed by atoms with Crippen LogP contribution in [0, 0.1) is 0 Å². The van der Waals surface area contributed by atoms with E-state index in [0.29, 0.717) is 5.69 Å². The van der Waals surface area contributed by atoms with Crippen molar-refractivity contribution in [3.8, 4) is 11.1 Å². The Balaban J connectivity index is 2.45. The quantitative estimate of drug-likeness (QED) is 0.507. The van der Waals surface area contributed by atoms with Crippen LogP contribution in [0.25, 0.3) is 11.1 Å². The molecule has 0 saturated carbocycles. The standard InChI is InChI=1S/C12H12N2S/c13-10-4-1-8(2-5-10)9-3-6-11(14)12(15)7-9/h1-7,15H,13-14H2. The lowest BCUT2D eigenvalue weighted by Crippen LogP contribution is -1.88. The molecule has 0 amide bonds. The van der Waals surface area contributed by atoms with Crippen molar-refractivity contribution in [2.45, 2.75) is 4.90 Å². The molecular weight excluding hydrogens is 204 g/mol. The molecule has 0 heterocycles. The van der Waals surface area contributed by atoms with Crippen LogP contribution in [0.2, 0.25) is 0 Å². The van der Waals surface area contributed by atoms with Crippen molar-refractivity contribution in [3.63, 3.8) is 0 Å². The second-order valence-electron chi connectivity index (χ2n) is 3.40. The lowest BCUT2D eigenvalue weighted by molar-refractivity contribution is 1.46. The molecule has 2 aromatic rings. The van der Waals surface area contributed by atoms with Gasteiger partial charge in [0, 0.05) is 16.3 Å². The van der Waals surface area contributed by atoms with Crippen molar-refractivity contribution >= 4 is 24.0 Å². The zero-order chi connectivity index (χ0) is 10.8. The first-order valence-electron chi connectivity index (χ1n) is 4.61. The Bertz CT molecular complexity index is 477. The first-order chi connectivity index (χ1) is 7.16. The zero-order valence-electron chi connectivity index (χ0n) is 8.14. The molecule has 15 heavy (non-hydrogen) atoms. The Morgan fingerprint density at radius 3 is 2.00 bits per heavy atom. The van der Waals surface area contributed by atoms with Crippen LogP contribution in [0.3, 0.4) is 0 Å². The number of thiol groups is 1. The molecule has 0 spiro atoms. The van der Waals surface area contributed by atoms with Crippen LogP contribution in [-0.2, 0) is 0 Å². The molecule has 2 rings (SSSR count). The Labute approximate surface area is 94.3 Å². The molecule has 0 unspecified atom stereocenters. The van der Waals surface area contributed by atoms with Crippen LogP contribution in [0.15, 0.2) is 47.4 Å². The fourth-order valence-corrected chi connectivity index (χ4v) is 1.61. The van der Waals surface area contributed by atoms with E-state index in [2.05, 4.69) is 12.6 Å². The van der Waals surface area contributed by atoms with Gasteiger partial charge in [-0.2, -0.15) is 0 Å². The highest BCUT2D eigenvalue weighted by Crippen LogP contribution is 2.26. The van der Waals surface area contributed by atoms with Gasteiger partial charge in [-0.05, 0) is 35.4 Å². The summed E-state index contributed by atoms with van der Waals surface area (Å²) in [5.41, 5.74) is 15.0. The molecule has 0 aliphatic carbocycles. The third-order valence-corrected chi connectivity index (χ3v) is 2.66. The smallest absolute Gasteiger partial charge is 0.0450 e. The lowest BCUT2D eigenvalue weighted by Gasteiger charge is -2.05. The highest BCUT2D eigenvalue weighted by atomic mass is 32.1. The maximum atomic E-state index is 5.69. The van der Waals surface area contributed by atoms with E-state index in [4.69, 9.17) is 11.5 Å². The molecule has 0 atom stereocenters. The fourth-order valence-electron chi connectivity index (χ4n) is 1.40. The molecule has 0 bridgehead atoms. The van der Waals surface area contributed by atoms with Gasteiger partial charge in [-0.25, -0.2) is 0 Å². The van der Waals surface area contributed by atoms with E-state index in [1.165, 1.54) is 0 Å². The van der Waals surface area contributed by atoms with Crippen LogP contribution in [-0.4, -0.2) is 0 Å². The van der Waals surface area contributed by atoms with Crippen molar-refractivity contribution in [1.82, 2.24) is 0 Å². The molecule has 76 valence electrons. The molecule has 0 fully saturated rings. The third kappa shape index (κ3) is 2.07. The van der Waals surface area contributed by atoms with E-state index in [1.54, 1.807) is 0 Å². The van der Waals surface area contributed by atoms with Gasteiger partial charge in [0.1, 0.15) is 0 Å². The number of hydrogen-bond donors (Lipinski definition) is 3. The fraction of sp³-hybridized carbons (Fsp3) is 0. The Kier molecular flexibility index (Phi) is 2.56. The van der Waals surface area contributed by atoms with Gasteiger partial charge in [0.15, 0.2) is 0 Å². The van der Waals surface area contributed by atoms with E-state index in [1.807, 2.05) is 42.5 Å². The number of benzene rings is 2. The summed E-state index contributed by atoms with van der Waals surface area (Å²) in [5.74, 6) is 0. The average Bonchev–Trinajstić information content (AvgIpc) is 2.23. The third-order valence-electron chi connectivity index (χ3n) is 2.27. The van der Waals surface area contributed by atoms with Gasteiger partial charge in [-0.1, -0.05) is 18.2 Å². The van der Waals surface area contributed by atoms with Gasteiger partial charge in [0.05, 0.1) is 0 Å². The second-order valence-corrected chi connectivity index (χ2v) is 3.88. The topological polar surface area (TPSA) is 52.0 Å². The van der Waals surface area contributed by atoms with Crippen LogP contribution in [0.4, 0.5) is 11.4 Å². The van der Waals surface area contributed by atoms with Gasteiger partial charge >= 0.3 is 0 Å². The predicted molar refractivity (Wildman–Crippen MR) is 68.0 cm³/mol. The summed E-state index contributed by atoms with van der Waals surface area (Å²) in [4.78, 5) is 0.796. The van der Waals surface area contributed by atoms with Gasteiger partial charge in [-0.15, -0.1) is 12.6 Å². The summed E-state index contributed by atoms with van der Waals surface area (Å²) in [6, 6.07) is 13.5. The van der Waals surface area contributed by atoms with E-state index in [-0.39, 0.29) is 0 Å². The minimum atomic E-state index is 0.692. The molecule has 0 aliphatic heterocycles. The zero-order valence-corrected chi connectivity index (χ0v) is 9.04. The van der Waals surface area contributed by atoms with Crippen LogP contribution >= 0.6 is 12.6 Å². The molecule has 0 aromatic heterocycles. The van der Waals surface area contributed by atoms with Crippen LogP contribution in [0.5, 0.6) is 0 Å². The highest BCUT2D eigenvalue weighted by molar-refractivity contribution is 7.80. The van der Waals surface area contributed by atoms with Crippen molar-refractivity contribution in [2.75, 3.05) is 11.5 Å². The molecule has 0 radical (unpaired) electrons. The number of hydrogen-bond acceptors (Lipinski definition) is 3. The summed E-state index contributed by atoms with van der Waals surface area (Å²) >= 11 is 4.29. The first kappa shape index (κ1) is 9.93. The first-order valence-corrected chi connectivity index (χ1v) is 5.06. The number of anilines is 2. The molecule has 2 aromatic carbocycles. The Hall–Kier alpha value is -1.61. The van der Waals surface area contributed by atoms with E-state index < -0.39 is 0 Å². The normalized spacial score (nSPS) is 10.2. The summed E-state index contributed by atoms with van der Waals surface area (Å²) in [6.45, 7) is 0. The SMILES string of the molecule is Nc1ccc(-c2ccc(N)c(S)c2)cc1. The second kappa shape index (κ2) is 3.87. The minimum Gasteiger partial charge on any atom is -0.399 e. The van der Waals surface area contributed by atoms with Crippen LogP contribution in [0.1, 0.15) is 0 Å². The maximum absolute atomic E-state index is 5.69. The Morgan fingerprint density at radius 1 is 0.800 bits per heavy atom. The average molecular weight is 216 g/mol. The van der Waals surface area contributed by atoms with Crippen molar-refractivity contribution < 1.29 is 0 Å². The molecule has 0 saturated heterocycles. The molecular formula is C12H12N2S. The summed E-state index contributed by atoms with van der Waals surface area (Å²) in [5, 5.41) is 0. The summed E-state index contributed by atoms with van der Waals surface area (Å²) < 4.78 is 0. The lowest BCUT2D eigenvalue weighted by atomic mass is 10.1. The summed E-state index contributed by atoms with van der Waals surface area (Å²) in [6.07, 6.45) is 0. The van der Waals surface area contributed by atoms with Gasteiger partial charge in [0.25, 0.3) is 0 Å². The predicted octanol–water partition coefficient (Wildman–Crippen LogP) is 2.81. The van der Waals surface area contributed by atoms with Crippen molar-refractivity contribution in [1.29, 1.82) is 0 Å². The molecule has 4 N–H and O–H groups in total. The van der Waals surface area contributed by atoms with Crippen molar-refractivity contribution in [2.24, 2.45) is 0 Å². The monoisotopic (exact) mass is 216 g/mol. The van der Waals surface area contributed by atoms with E-state index in [9.17, 15) is 0 Å². The molecule has 2 nitrogen and oxygen atoms in total. The molecule has 3 heteroatoms. The van der Waals surface area contributed by atoms with Gasteiger partial charge < -0.3 is 11.5 Å².